The van der Waals surface area contributed by atoms with Crippen LogP contribution in [0.25, 0.3) is 0 Å². The fourth-order valence-corrected chi connectivity index (χ4v) is 3.69. The van der Waals surface area contributed by atoms with Crippen molar-refractivity contribution >= 4 is 23.4 Å². The lowest BCUT2D eigenvalue weighted by molar-refractivity contribution is -0.143. The number of nitrogens with zero attached hydrogens (tertiary/aromatic N) is 1. The van der Waals surface area contributed by atoms with Crippen LogP contribution in [-0.2, 0) is 22.6 Å². The lowest BCUT2D eigenvalue weighted by Crippen LogP contribution is -2.52. The van der Waals surface area contributed by atoms with Crippen molar-refractivity contribution in [2.45, 2.75) is 38.9 Å². The predicted molar refractivity (Wildman–Crippen MR) is 131 cm³/mol. The number of hydrogen-bond donors (Lipinski definition) is 1. The van der Waals surface area contributed by atoms with Gasteiger partial charge >= 0.3 is 0 Å². The van der Waals surface area contributed by atoms with Gasteiger partial charge in [-0.15, -0.1) is 0 Å². The van der Waals surface area contributed by atoms with Crippen LogP contribution in [0.4, 0.5) is 0 Å². The minimum atomic E-state index is -0.697. The molecule has 0 aliphatic rings. The van der Waals surface area contributed by atoms with Gasteiger partial charge in [0.05, 0.1) is 5.02 Å². The van der Waals surface area contributed by atoms with Crippen LogP contribution in [0, 0.1) is 0 Å². The summed E-state index contributed by atoms with van der Waals surface area (Å²) in [5.41, 5.74) is 1.90. The van der Waals surface area contributed by atoms with Gasteiger partial charge in [-0.3, -0.25) is 9.59 Å². The maximum atomic E-state index is 13.4. The molecule has 0 heterocycles. The fraction of sp³-hybridized carbons (Fsp3) is 0.259. The van der Waals surface area contributed by atoms with Crippen molar-refractivity contribution in [3.05, 3.63) is 101 Å². The number of nitrogens with one attached hydrogen (secondary N) is 1. The molecule has 0 spiro atoms. The maximum absolute atomic E-state index is 13.4. The van der Waals surface area contributed by atoms with Gasteiger partial charge in [0.2, 0.25) is 5.91 Å². The average molecular weight is 465 g/mol. The van der Waals surface area contributed by atoms with Crippen molar-refractivity contribution in [2.75, 3.05) is 6.61 Å². The molecule has 0 saturated heterocycles. The molecule has 0 fully saturated rings. The van der Waals surface area contributed by atoms with Crippen molar-refractivity contribution in [2.24, 2.45) is 0 Å². The van der Waals surface area contributed by atoms with Crippen LogP contribution in [0.1, 0.15) is 25.0 Å². The number of carbonyl (C=O) groups excluding carboxylic acids is 2. The van der Waals surface area contributed by atoms with Gasteiger partial charge in [-0.2, -0.15) is 0 Å². The van der Waals surface area contributed by atoms with Crippen LogP contribution in [-0.4, -0.2) is 35.4 Å². The van der Waals surface area contributed by atoms with Crippen molar-refractivity contribution in [3.63, 3.8) is 0 Å². The second-order valence-electron chi connectivity index (χ2n) is 8.10. The molecule has 1 atom stereocenters. The number of hydrogen-bond acceptors (Lipinski definition) is 3. The SMILES string of the molecule is CC(C)NC(=O)[C@H](Cc1ccccc1)N(Cc1ccccc1)C(=O)COc1ccccc1Cl. The zero-order chi connectivity index (χ0) is 23.6. The first kappa shape index (κ1) is 24.3. The normalized spacial score (nSPS) is 11.6. The Labute approximate surface area is 200 Å². The zero-order valence-electron chi connectivity index (χ0n) is 18.9. The van der Waals surface area contributed by atoms with Gasteiger partial charge < -0.3 is 15.0 Å². The van der Waals surface area contributed by atoms with Gasteiger partial charge in [0.1, 0.15) is 11.8 Å². The summed E-state index contributed by atoms with van der Waals surface area (Å²) in [6.45, 7) is 3.87. The first-order chi connectivity index (χ1) is 15.9. The van der Waals surface area contributed by atoms with E-state index in [9.17, 15) is 9.59 Å². The van der Waals surface area contributed by atoms with E-state index < -0.39 is 6.04 Å². The Morgan fingerprint density at radius 1 is 0.879 bits per heavy atom. The molecule has 0 aliphatic carbocycles. The Morgan fingerprint density at radius 3 is 2.06 bits per heavy atom. The van der Waals surface area contributed by atoms with Gasteiger partial charge in [0.25, 0.3) is 5.91 Å². The van der Waals surface area contributed by atoms with E-state index in [-0.39, 0.29) is 31.0 Å². The quantitative estimate of drug-likeness (QED) is 0.465. The molecule has 3 rings (SSSR count). The molecule has 0 aliphatic heterocycles. The van der Waals surface area contributed by atoms with Crippen LogP contribution in [0.5, 0.6) is 5.75 Å². The summed E-state index contributed by atoms with van der Waals surface area (Å²) in [4.78, 5) is 28.3. The number of halogens is 1. The molecule has 0 bridgehead atoms. The molecular weight excluding hydrogens is 436 g/mol. The topological polar surface area (TPSA) is 58.6 Å². The number of benzene rings is 3. The summed E-state index contributed by atoms with van der Waals surface area (Å²) in [7, 11) is 0. The molecule has 0 aromatic heterocycles. The van der Waals surface area contributed by atoms with Crippen molar-refractivity contribution in [1.29, 1.82) is 0 Å². The molecule has 3 aromatic rings. The van der Waals surface area contributed by atoms with Crippen molar-refractivity contribution in [1.82, 2.24) is 10.2 Å². The van der Waals surface area contributed by atoms with Gasteiger partial charge in [-0.05, 0) is 37.1 Å². The Morgan fingerprint density at radius 2 is 1.45 bits per heavy atom. The van der Waals surface area contributed by atoms with Gasteiger partial charge in [0.15, 0.2) is 6.61 Å². The Balaban J connectivity index is 1.89. The molecule has 0 radical (unpaired) electrons. The van der Waals surface area contributed by atoms with Crippen molar-refractivity contribution in [3.8, 4) is 5.75 Å². The molecule has 172 valence electrons. The molecule has 5 nitrogen and oxygen atoms in total. The number of carbonyl (C=O) groups is 2. The van der Waals surface area contributed by atoms with Gasteiger partial charge in [-0.25, -0.2) is 0 Å². The number of ether oxygens (including phenoxy) is 1. The van der Waals surface area contributed by atoms with E-state index in [2.05, 4.69) is 5.32 Å². The van der Waals surface area contributed by atoms with E-state index in [1.807, 2.05) is 74.5 Å². The monoisotopic (exact) mass is 464 g/mol. The molecule has 33 heavy (non-hydrogen) atoms. The molecule has 0 unspecified atom stereocenters. The van der Waals surface area contributed by atoms with E-state index >= 15 is 0 Å². The Kier molecular flexibility index (Phi) is 8.90. The highest BCUT2D eigenvalue weighted by Crippen LogP contribution is 2.23. The third-order valence-electron chi connectivity index (χ3n) is 5.09. The summed E-state index contributed by atoms with van der Waals surface area (Å²) < 4.78 is 5.72. The number of amides is 2. The largest absolute Gasteiger partial charge is 0.482 e. The third kappa shape index (κ3) is 7.36. The Bertz CT molecular complexity index is 1040. The summed E-state index contributed by atoms with van der Waals surface area (Å²) >= 11 is 6.18. The van der Waals surface area contributed by atoms with Crippen LogP contribution in [0.3, 0.4) is 0 Å². The minimum Gasteiger partial charge on any atom is -0.482 e. The van der Waals surface area contributed by atoms with Crippen LogP contribution in [0.15, 0.2) is 84.9 Å². The molecule has 3 aromatic carbocycles. The van der Waals surface area contributed by atoms with Gasteiger partial charge in [-0.1, -0.05) is 84.4 Å². The summed E-state index contributed by atoms with van der Waals surface area (Å²) in [5, 5.41) is 3.40. The summed E-state index contributed by atoms with van der Waals surface area (Å²) in [6.07, 6.45) is 0.393. The lowest BCUT2D eigenvalue weighted by atomic mass is 10.0. The highest BCUT2D eigenvalue weighted by atomic mass is 35.5. The highest BCUT2D eigenvalue weighted by Gasteiger charge is 2.31. The predicted octanol–water partition coefficient (Wildman–Crippen LogP) is 4.88. The molecule has 1 N–H and O–H groups in total. The first-order valence-corrected chi connectivity index (χ1v) is 11.4. The average Bonchev–Trinajstić information content (AvgIpc) is 2.81. The molecule has 0 saturated carbocycles. The van der Waals surface area contributed by atoms with Crippen LogP contribution >= 0.6 is 11.6 Å². The van der Waals surface area contributed by atoms with E-state index in [4.69, 9.17) is 16.3 Å². The lowest BCUT2D eigenvalue weighted by Gasteiger charge is -2.32. The molecule has 2 amide bonds. The summed E-state index contributed by atoms with van der Waals surface area (Å²) in [6, 6.07) is 25.6. The van der Waals surface area contributed by atoms with E-state index in [1.165, 1.54) is 0 Å². The van der Waals surface area contributed by atoms with E-state index in [0.717, 1.165) is 11.1 Å². The van der Waals surface area contributed by atoms with Gasteiger partial charge in [0, 0.05) is 19.0 Å². The smallest absolute Gasteiger partial charge is 0.261 e. The summed E-state index contributed by atoms with van der Waals surface area (Å²) in [5.74, 6) is -0.0621. The molecular formula is C27H29ClN2O3. The standard InChI is InChI=1S/C27H29ClN2O3/c1-20(2)29-27(32)24(17-21-11-5-3-6-12-21)30(18-22-13-7-4-8-14-22)26(31)19-33-25-16-10-9-15-23(25)28/h3-16,20,24H,17-19H2,1-2H3,(H,29,32)/t24-/m0/s1. The fourth-order valence-electron chi connectivity index (χ4n) is 3.50. The third-order valence-corrected chi connectivity index (χ3v) is 5.40. The number of para-hydroxylation sites is 1. The zero-order valence-corrected chi connectivity index (χ0v) is 19.7. The maximum Gasteiger partial charge on any atom is 0.261 e. The minimum absolute atomic E-state index is 0.0520. The van der Waals surface area contributed by atoms with Crippen molar-refractivity contribution < 1.29 is 14.3 Å². The van der Waals surface area contributed by atoms with E-state index in [0.29, 0.717) is 17.2 Å². The van der Waals surface area contributed by atoms with Crippen LogP contribution in [0.2, 0.25) is 5.02 Å². The Hall–Kier alpha value is -3.31. The first-order valence-electron chi connectivity index (χ1n) is 11.0. The highest BCUT2D eigenvalue weighted by molar-refractivity contribution is 6.32. The number of rotatable bonds is 10. The van der Waals surface area contributed by atoms with Crippen LogP contribution < -0.4 is 10.1 Å². The molecule has 6 heteroatoms. The second-order valence-corrected chi connectivity index (χ2v) is 8.50. The van der Waals surface area contributed by atoms with E-state index in [1.54, 1.807) is 29.2 Å². The second kappa shape index (κ2) is 12.1.